The molecule has 1 saturated heterocycles. The van der Waals surface area contributed by atoms with Gasteiger partial charge < -0.3 is 19.9 Å². The van der Waals surface area contributed by atoms with Gasteiger partial charge in [-0.1, -0.05) is 6.07 Å². The van der Waals surface area contributed by atoms with Crippen molar-refractivity contribution in [3.05, 3.63) is 90.6 Å². The van der Waals surface area contributed by atoms with Crippen LogP contribution >= 0.6 is 0 Å². The molecule has 4 heterocycles. The first-order chi connectivity index (χ1) is 21.4. The Morgan fingerprint density at radius 1 is 0.932 bits per heavy atom. The van der Waals surface area contributed by atoms with Crippen LogP contribution in [0.15, 0.2) is 79.3 Å². The minimum absolute atomic E-state index is 0.126. The van der Waals surface area contributed by atoms with Crippen molar-refractivity contribution in [2.75, 3.05) is 55.9 Å². The topological polar surface area (TPSA) is 125 Å². The number of morpholine rings is 1. The molecule has 1 fully saturated rings. The molecule has 0 bridgehead atoms. The van der Waals surface area contributed by atoms with Gasteiger partial charge in [0.25, 0.3) is 5.91 Å². The maximum Gasteiger partial charge on any atom is 0.324 e. The van der Waals surface area contributed by atoms with Crippen LogP contribution in [0.4, 0.5) is 26.5 Å². The predicted octanol–water partition coefficient (Wildman–Crippen LogP) is 5.08. The van der Waals surface area contributed by atoms with E-state index in [0.717, 1.165) is 0 Å². The van der Waals surface area contributed by atoms with Crippen LogP contribution in [-0.4, -0.2) is 77.2 Å². The highest BCUT2D eigenvalue weighted by atomic mass is 19.1. The number of fused-ring (bicyclic) bond motifs is 1. The molecule has 2 aromatic carbocycles. The van der Waals surface area contributed by atoms with Gasteiger partial charge in [0.2, 0.25) is 0 Å². The molecule has 1 aliphatic rings. The molecule has 44 heavy (non-hydrogen) atoms. The van der Waals surface area contributed by atoms with E-state index in [1.807, 2.05) is 0 Å². The number of carbonyl (C=O) groups excluding carboxylic acids is 2. The number of nitrogens with one attached hydrogen (secondary N) is 2. The number of amides is 3. The molecule has 222 valence electrons. The van der Waals surface area contributed by atoms with Crippen LogP contribution in [0.25, 0.3) is 33.4 Å². The highest BCUT2D eigenvalue weighted by Gasteiger charge is 2.20. The number of ether oxygens (including phenoxy) is 1. The molecular formula is C32H29FN8O3. The largest absolute Gasteiger partial charge is 0.378 e. The molecule has 0 aliphatic carbocycles. The standard InChI is InChI=1S/C32H29FN8O3/c1-40(2)31(42)20-5-8-23(9-6-20)36-32(43)38-28-10-7-22(19-35-28)29-37-27-17-24(21-4-3-11-34-18-21)26(33)16-25(27)30(39-29)41-12-14-44-15-13-41/h3-11,16-19H,12-15H2,1-2H3,(H2,35,36,38,43). The first kappa shape index (κ1) is 28.6. The Labute approximate surface area is 252 Å². The molecular weight excluding hydrogens is 563 g/mol. The number of hydrogen-bond donors (Lipinski definition) is 2. The Kier molecular flexibility index (Phi) is 8.06. The van der Waals surface area contributed by atoms with Crippen molar-refractivity contribution in [1.82, 2.24) is 24.8 Å². The van der Waals surface area contributed by atoms with Crippen molar-refractivity contribution in [2.24, 2.45) is 0 Å². The Morgan fingerprint density at radius 3 is 2.41 bits per heavy atom. The van der Waals surface area contributed by atoms with Crippen LogP contribution in [0.3, 0.4) is 0 Å². The van der Waals surface area contributed by atoms with Gasteiger partial charge in [0.05, 0.1) is 18.7 Å². The third-order valence-electron chi connectivity index (χ3n) is 7.11. The molecule has 3 amide bonds. The van der Waals surface area contributed by atoms with Crippen LogP contribution in [0.5, 0.6) is 0 Å². The lowest BCUT2D eigenvalue weighted by atomic mass is 10.0. The fraction of sp³-hybridized carbons (Fsp3) is 0.188. The van der Waals surface area contributed by atoms with Gasteiger partial charge in [-0.3, -0.25) is 15.1 Å². The van der Waals surface area contributed by atoms with Gasteiger partial charge in [0.15, 0.2) is 5.82 Å². The normalized spacial score (nSPS) is 13.0. The molecule has 1 aliphatic heterocycles. The van der Waals surface area contributed by atoms with Crippen LogP contribution in [0.2, 0.25) is 0 Å². The summed E-state index contributed by atoms with van der Waals surface area (Å²) in [6.07, 6.45) is 4.83. The molecule has 0 spiro atoms. The highest BCUT2D eigenvalue weighted by molar-refractivity contribution is 6.00. The van der Waals surface area contributed by atoms with Crippen molar-refractivity contribution in [3.8, 4) is 22.5 Å². The van der Waals surface area contributed by atoms with Crippen LogP contribution < -0.4 is 15.5 Å². The molecule has 12 heteroatoms. The van der Waals surface area contributed by atoms with Gasteiger partial charge in [-0.2, -0.15) is 0 Å². The summed E-state index contributed by atoms with van der Waals surface area (Å²) < 4.78 is 20.9. The SMILES string of the molecule is CN(C)C(=O)c1ccc(NC(=O)Nc2ccc(-c3nc(N4CCOCC4)c4cc(F)c(-c5cccnc5)cc4n3)cn2)cc1. The second-order valence-corrected chi connectivity index (χ2v) is 10.3. The van der Waals surface area contributed by atoms with E-state index in [1.165, 1.54) is 11.0 Å². The van der Waals surface area contributed by atoms with E-state index in [2.05, 4.69) is 25.5 Å². The number of rotatable bonds is 6. The fourth-order valence-corrected chi connectivity index (χ4v) is 4.85. The van der Waals surface area contributed by atoms with E-state index in [9.17, 15) is 9.59 Å². The zero-order valence-electron chi connectivity index (χ0n) is 24.1. The first-order valence-electron chi connectivity index (χ1n) is 14.0. The van der Waals surface area contributed by atoms with Crippen LogP contribution in [-0.2, 0) is 4.74 Å². The zero-order chi connectivity index (χ0) is 30.6. The second kappa shape index (κ2) is 12.4. The van der Waals surface area contributed by atoms with Gasteiger partial charge in [0, 0.05) is 79.1 Å². The summed E-state index contributed by atoms with van der Waals surface area (Å²) in [5, 5.41) is 6.03. The summed E-state index contributed by atoms with van der Waals surface area (Å²) in [5.41, 5.74) is 3.29. The van der Waals surface area contributed by atoms with E-state index in [-0.39, 0.29) is 11.7 Å². The molecule has 0 unspecified atom stereocenters. The highest BCUT2D eigenvalue weighted by Crippen LogP contribution is 2.33. The van der Waals surface area contributed by atoms with Crippen molar-refractivity contribution in [3.63, 3.8) is 0 Å². The number of halogens is 1. The van der Waals surface area contributed by atoms with Gasteiger partial charge in [0.1, 0.15) is 17.5 Å². The van der Waals surface area contributed by atoms with Gasteiger partial charge in [-0.15, -0.1) is 0 Å². The third-order valence-corrected chi connectivity index (χ3v) is 7.11. The van der Waals surface area contributed by atoms with Gasteiger partial charge in [-0.05, 0) is 54.6 Å². The predicted molar refractivity (Wildman–Crippen MR) is 166 cm³/mol. The Hall–Kier alpha value is -5.49. The molecule has 0 radical (unpaired) electrons. The van der Waals surface area contributed by atoms with Crippen molar-refractivity contribution >= 4 is 40.2 Å². The summed E-state index contributed by atoms with van der Waals surface area (Å²) in [7, 11) is 3.35. The fourth-order valence-electron chi connectivity index (χ4n) is 4.85. The van der Waals surface area contributed by atoms with E-state index in [4.69, 9.17) is 14.7 Å². The second-order valence-electron chi connectivity index (χ2n) is 10.3. The van der Waals surface area contributed by atoms with Crippen molar-refractivity contribution in [2.45, 2.75) is 0 Å². The van der Waals surface area contributed by atoms with Crippen molar-refractivity contribution < 1.29 is 18.7 Å². The number of aromatic nitrogens is 4. The Bertz CT molecular complexity index is 1810. The maximum atomic E-state index is 15.3. The van der Waals surface area contributed by atoms with Gasteiger partial charge >= 0.3 is 6.03 Å². The van der Waals surface area contributed by atoms with Crippen LogP contribution in [0.1, 0.15) is 10.4 Å². The molecule has 0 saturated carbocycles. The number of carbonyl (C=O) groups is 2. The third kappa shape index (κ3) is 6.15. The lowest BCUT2D eigenvalue weighted by molar-refractivity contribution is 0.0827. The number of anilines is 3. The van der Waals surface area contributed by atoms with Crippen LogP contribution in [0, 0.1) is 5.82 Å². The smallest absolute Gasteiger partial charge is 0.324 e. The summed E-state index contributed by atoms with van der Waals surface area (Å²) in [4.78, 5) is 46.4. The summed E-state index contributed by atoms with van der Waals surface area (Å²) in [6, 6.07) is 16.3. The van der Waals surface area contributed by atoms with Gasteiger partial charge in [-0.25, -0.2) is 24.1 Å². The maximum absolute atomic E-state index is 15.3. The minimum atomic E-state index is -0.488. The average Bonchev–Trinajstić information content (AvgIpc) is 3.05. The number of pyridine rings is 2. The Balaban J connectivity index is 1.25. The molecule has 0 atom stereocenters. The summed E-state index contributed by atoms with van der Waals surface area (Å²) in [5.74, 6) is 0.841. The number of nitrogens with zero attached hydrogens (tertiary/aromatic N) is 6. The zero-order valence-corrected chi connectivity index (χ0v) is 24.1. The average molecular weight is 593 g/mol. The lowest BCUT2D eigenvalue weighted by Gasteiger charge is -2.29. The molecule has 6 rings (SSSR count). The quantitative estimate of drug-likeness (QED) is 0.280. The number of benzene rings is 2. The van der Waals surface area contributed by atoms with E-state index < -0.39 is 6.03 Å². The summed E-state index contributed by atoms with van der Waals surface area (Å²) >= 11 is 0. The first-order valence-corrected chi connectivity index (χ1v) is 14.0. The van der Waals surface area contributed by atoms with E-state index >= 15 is 4.39 Å². The monoisotopic (exact) mass is 592 g/mol. The number of urea groups is 1. The minimum Gasteiger partial charge on any atom is -0.378 e. The van der Waals surface area contributed by atoms with E-state index in [1.54, 1.807) is 87.3 Å². The Morgan fingerprint density at radius 2 is 1.73 bits per heavy atom. The molecule has 5 aromatic rings. The summed E-state index contributed by atoms with van der Waals surface area (Å²) in [6.45, 7) is 2.31. The van der Waals surface area contributed by atoms with Crippen molar-refractivity contribution in [1.29, 1.82) is 0 Å². The molecule has 11 nitrogen and oxygen atoms in total. The molecule has 2 N–H and O–H groups in total. The van der Waals surface area contributed by atoms with E-state index in [0.29, 0.717) is 82.6 Å². The lowest BCUT2D eigenvalue weighted by Crippen LogP contribution is -2.37. The number of hydrogen-bond acceptors (Lipinski definition) is 8. The molecule has 3 aromatic heterocycles.